The number of methoxy groups -OCH3 is 2. The number of benzene rings is 2. The van der Waals surface area contributed by atoms with E-state index in [0.29, 0.717) is 39.0 Å². The van der Waals surface area contributed by atoms with Gasteiger partial charge in [-0.2, -0.15) is 0 Å². The largest absolute Gasteiger partial charge is 0.497 e. The van der Waals surface area contributed by atoms with E-state index in [1.807, 2.05) is 0 Å². The first-order chi connectivity index (χ1) is 20.3. The second-order valence-corrected chi connectivity index (χ2v) is 9.77. The number of carbonyl (C=O) groups excluding carboxylic acids is 2. The quantitative estimate of drug-likeness (QED) is 0.250. The van der Waals surface area contributed by atoms with Crippen molar-refractivity contribution in [2.75, 3.05) is 32.7 Å². The second-order valence-electron chi connectivity index (χ2n) is 9.36. The molecule has 5 rings (SSSR count). The van der Waals surface area contributed by atoms with E-state index in [4.69, 9.17) is 21.1 Å². The van der Waals surface area contributed by atoms with E-state index >= 15 is 0 Å². The number of amides is 2. The lowest BCUT2D eigenvalue weighted by atomic mass is 10.0. The van der Waals surface area contributed by atoms with Crippen molar-refractivity contribution in [2.45, 2.75) is 12.6 Å². The van der Waals surface area contributed by atoms with Gasteiger partial charge in [0.1, 0.15) is 18.1 Å². The van der Waals surface area contributed by atoms with Crippen LogP contribution in [0.2, 0.25) is 5.02 Å². The summed E-state index contributed by atoms with van der Waals surface area (Å²) in [6.07, 6.45) is 3.04. The highest BCUT2D eigenvalue weighted by Crippen LogP contribution is 2.32. The minimum Gasteiger partial charge on any atom is -0.497 e. The van der Waals surface area contributed by atoms with Gasteiger partial charge in [-0.05, 0) is 35.4 Å². The summed E-state index contributed by atoms with van der Waals surface area (Å²) >= 11 is 6.42. The summed E-state index contributed by atoms with van der Waals surface area (Å²) < 4.78 is 24.2. The molecule has 0 saturated carbocycles. The number of fused-ring (bicyclic) bond motifs is 1. The van der Waals surface area contributed by atoms with Crippen LogP contribution in [-0.4, -0.2) is 64.1 Å². The summed E-state index contributed by atoms with van der Waals surface area (Å²) in [6, 6.07) is 11.7. The third kappa shape index (κ3) is 6.24. The zero-order valence-corrected chi connectivity index (χ0v) is 23.4. The monoisotopic (exact) mass is 592 g/mol. The summed E-state index contributed by atoms with van der Waals surface area (Å²) in [7, 11) is 2.91. The van der Waals surface area contributed by atoms with Crippen molar-refractivity contribution in [1.29, 1.82) is 0 Å². The summed E-state index contributed by atoms with van der Waals surface area (Å²) in [5.41, 5.74) is 3.15. The molecule has 0 fully saturated rings. The van der Waals surface area contributed by atoms with E-state index in [0.717, 1.165) is 5.56 Å². The standard InChI is InChI=1S/C29H26ClFN6O5/c1-41-21-8-18(7-19(31)10-21)24(15-38)35-25(39)14-37-13-17-4-3-16(9-22(17)28(37)40)27-23(30)12-33-29(36-27)34-20-5-6-32-26(11-20)42-2/h3-12,24,38H,13-15H2,1-2H3,(H,35,39)(H,32,33,34,36)/t24-/m1/s1. The molecule has 0 saturated heterocycles. The molecule has 0 unspecified atom stereocenters. The molecule has 0 spiro atoms. The van der Waals surface area contributed by atoms with E-state index in [1.54, 1.807) is 36.5 Å². The number of halogens is 2. The van der Waals surface area contributed by atoms with Crippen LogP contribution in [0, 0.1) is 5.82 Å². The van der Waals surface area contributed by atoms with Gasteiger partial charge < -0.3 is 30.1 Å². The van der Waals surface area contributed by atoms with Gasteiger partial charge in [0.05, 0.1) is 43.8 Å². The van der Waals surface area contributed by atoms with E-state index < -0.39 is 24.4 Å². The Morgan fingerprint density at radius 1 is 1.14 bits per heavy atom. The maximum Gasteiger partial charge on any atom is 0.254 e. The number of ether oxygens (including phenoxy) is 2. The molecule has 2 amide bonds. The number of hydrogen-bond donors (Lipinski definition) is 3. The fourth-order valence-corrected chi connectivity index (χ4v) is 4.75. The fourth-order valence-electron chi connectivity index (χ4n) is 4.55. The Morgan fingerprint density at radius 2 is 1.98 bits per heavy atom. The number of anilines is 2. The molecule has 0 radical (unpaired) electrons. The first kappa shape index (κ1) is 28.7. The first-order valence-corrected chi connectivity index (χ1v) is 13.1. The number of hydrogen-bond acceptors (Lipinski definition) is 9. The van der Waals surface area contributed by atoms with Gasteiger partial charge in [0, 0.05) is 41.7 Å². The fraction of sp³-hybridized carbons (Fsp3) is 0.207. The Labute approximate surface area is 245 Å². The predicted molar refractivity (Wildman–Crippen MR) is 152 cm³/mol. The smallest absolute Gasteiger partial charge is 0.254 e. The van der Waals surface area contributed by atoms with Gasteiger partial charge in [-0.15, -0.1) is 0 Å². The van der Waals surface area contributed by atoms with Crippen molar-refractivity contribution in [2.24, 2.45) is 0 Å². The van der Waals surface area contributed by atoms with Crippen LogP contribution in [-0.2, 0) is 11.3 Å². The van der Waals surface area contributed by atoms with Gasteiger partial charge in [-0.25, -0.2) is 19.3 Å². The van der Waals surface area contributed by atoms with E-state index in [1.165, 1.54) is 43.5 Å². The van der Waals surface area contributed by atoms with E-state index in [9.17, 15) is 19.1 Å². The van der Waals surface area contributed by atoms with Crippen LogP contribution in [0.25, 0.3) is 11.3 Å². The molecule has 216 valence electrons. The highest BCUT2D eigenvalue weighted by molar-refractivity contribution is 6.33. The third-order valence-electron chi connectivity index (χ3n) is 6.59. The van der Waals surface area contributed by atoms with Gasteiger partial charge in [-0.3, -0.25) is 9.59 Å². The third-order valence-corrected chi connectivity index (χ3v) is 6.87. The van der Waals surface area contributed by atoms with Gasteiger partial charge in [0.15, 0.2) is 0 Å². The zero-order chi connectivity index (χ0) is 29.8. The number of nitrogens with zero attached hydrogens (tertiary/aromatic N) is 4. The summed E-state index contributed by atoms with van der Waals surface area (Å²) in [4.78, 5) is 40.3. The molecular formula is C29H26ClFN6O5. The number of carbonyl (C=O) groups is 2. The van der Waals surface area contributed by atoms with Crippen molar-refractivity contribution < 1.29 is 28.6 Å². The lowest BCUT2D eigenvalue weighted by Crippen LogP contribution is -2.40. The molecule has 11 nitrogen and oxygen atoms in total. The van der Waals surface area contributed by atoms with Gasteiger partial charge in [0.2, 0.25) is 17.7 Å². The maximum absolute atomic E-state index is 14.0. The minimum absolute atomic E-state index is 0.216. The van der Waals surface area contributed by atoms with Crippen LogP contribution in [0.15, 0.2) is 60.9 Å². The molecule has 3 N–H and O–H groups in total. The number of aliphatic hydroxyl groups is 1. The molecule has 1 aliphatic heterocycles. The van der Waals surface area contributed by atoms with Crippen LogP contribution in [0.4, 0.5) is 16.0 Å². The summed E-state index contributed by atoms with van der Waals surface area (Å²) in [5.74, 6) is -0.471. The molecule has 3 heterocycles. The molecule has 13 heteroatoms. The molecule has 42 heavy (non-hydrogen) atoms. The lowest BCUT2D eigenvalue weighted by molar-refractivity contribution is -0.122. The Kier molecular flexibility index (Phi) is 8.46. The van der Waals surface area contributed by atoms with Crippen LogP contribution >= 0.6 is 11.6 Å². The maximum atomic E-state index is 14.0. The molecule has 2 aromatic carbocycles. The Balaban J connectivity index is 1.30. The Bertz CT molecular complexity index is 1660. The normalized spacial score (nSPS) is 13.0. The van der Waals surface area contributed by atoms with Gasteiger partial charge in [-0.1, -0.05) is 23.7 Å². The number of aliphatic hydroxyl groups excluding tert-OH is 1. The molecule has 2 aromatic heterocycles. The van der Waals surface area contributed by atoms with Crippen LogP contribution in [0.1, 0.15) is 27.5 Å². The van der Waals surface area contributed by atoms with Crippen molar-refractivity contribution >= 4 is 35.1 Å². The van der Waals surface area contributed by atoms with Crippen molar-refractivity contribution in [3.8, 4) is 22.9 Å². The number of aromatic nitrogens is 3. The molecule has 1 aliphatic rings. The highest BCUT2D eigenvalue weighted by Gasteiger charge is 2.30. The van der Waals surface area contributed by atoms with Gasteiger partial charge in [0.25, 0.3) is 5.91 Å². The molecule has 4 aromatic rings. The average molecular weight is 593 g/mol. The summed E-state index contributed by atoms with van der Waals surface area (Å²) in [6.45, 7) is -0.516. The Morgan fingerprint density at radius 3 is 2.74 bits per heavy atom. The van der Waals surface area contributed by atoms with E-state index in [-0.39, 0.29) is 30.7 Å². The SMILES string of the molecule is COc1cc(F)cc([C@@H](CO)NC(=O)CN2Cc3ccc(-c4nc(Nc5ccnc(OC)c5)ncc4Cl)cc3C2=O)c1. The number of nitrogens with one attached hydrogen (secondary N) is 2. The van der Waals surface area contributed by atoms with Crippen LogP contribution in [0.5, 0.6) is 11.6 Å². The molecule has 0 aliphatic carbocycles. The Hall–Kier alpha value is -4.81. The number of rotatable bonds is 10. The van der Waals surface area contributed by atoms with Crippen molar-refractivity contribution in [3.05, 3.63) is 88.5 Å². The molecule has 1 atom stereocenters. The van der Waals surface area contributed by atoms with Crippen molar-refractivity contribution in [3.63, 3.8) is 0 Å². The minimum atomic E-state index is -0.885. The molecule has 0 bridgehead atoms. The molecular weight excluding hydrogens is 567 g/mol. The summed E-state index contributed by atoms with van der Waals surface area (Å²) in [5, 5.41) is 15.9. The lowest BCUT2D eigenvalue weighted by Gasteiger charge is -2.20. The first-order valence-electron chi connectivity index (χ1n) is 12.7. The van der Waals surface area contributed by atoms with Gasteiger partial charge >= 0.3 is 0 Å². The van der Waals surface area contributed by atoms with Crippen LogP contribution < -0.4 is 20.1 Å². The topological polar surface area (TPSA) is 139 Å². The zero-order valence-electron chi connectivity index (χ0n) is 22.6. The predicted octanol–water partition coefficient (Wildman–Crippen LogP) is 3.90. The second kappa shape index (κ2) is 12.4. The van der Waals surface area contributed by atoms with E-state index in [2.05, 4.69) is 25.6 Å². The van der Waals surface area contributed by atoms with Crippen molar-refractivity contribution in [1.82, 2.24) is 25.2 Å². The van der Waals surface area contributed by atoms with Crippen LogP contribution in [0.3, 0.4) is 0 Å². The average Bonchev–Trinajstić information content (AvgIpc) is 3.30. The highest BCUT2D eigenvalue weighted by atomic mass is 35.5. The number of pyridine rings is 1.